The number of benzene rings is 2. The molecule has 118 valence electrons. The number of ether oxygens (including phenoxy) is 1. The lowest BCUT2D eigenvalue weighted by Gasteiger charge is -2.06. The van der Waals surface area contributed by atoms with E-state index in [1.54, 1.807) is 13.2 Å². The fraction of sp³-hybridized carbons (Fsp3) is 0.125. The molecule has 2 aromatic carbocycles. The van der Waals surface area contributed by atoms with Gasteiger partial charge in [-0.15, -0.1) is 10.2 Å². The first kappa shape index (κ1) is 15.6. The van der Waals surface area contributed by atoms with Crippen LogP contribution in [0.5, 0.6) is 5.75 Å². The van der Waals surface area contributed by atoms with Gasteiger partial charge in [0.25, 0.3) is 0 Å². The van der Waals surface area contributed by atoms with E-state index in [4.69, 9.17) is 32.4 Å². The maximum absolute atomic E-state index is 6.12. The summed E-state index contributed by atoms with van der Waals surface area (Å²) in [5, 5.41) is 12.1. The number of anilines is 1. The number of methoxy groups -OCH3 is 1. The third-order valence-electron chi connectivity index (χ3n) is 3.17. The predicted octanol–water partition coefficient (Wildman–Crippen LogP) is 4.66. The molecule has 0 radical (unpaired) electrons. The minimum atomic E-state index is 0.344. The molecule has 3 aromatic rings. The Morgan fingerprint density at radius 1 is 1.13 bits per heavy atom. The third-order valence-corrected chi connectivity index (χ3v) is 3.98. The zero-order valence-corrected chi connectivity index (χ0v) is 13.7. The van der Waals surface area contributed by atoms with Crippen LogP contribution in [-0.4, -0.2) is 17.3 Å². The van der Waals surface area contributed by atoms with E-state index >= 15 is 0 Å². The number of hydrogen-bond donors (Lipinski definition) is 1. The highest BCUT2D eigenvalue weighted by atomic mass is 35.5. The van der Waals surface area contributed by atoms with Crippen LogP contribution in [0.25, 0.3) is 11.5 Å². The van der Waals surface area contributed by atoms with E-state index in [-0.39, 0.29) is 0 Å². The second kappa shape index (κ2) is 6.89. The molecule has 0 saturated carbocycles. The van der Waals surface area contributed by atoms with Crippen molar-refractivity contribution in [3.8, 4) is 17.2 Å². The Labute approximate surface area is 143 Å². The number of nitrogens with one attached hydrogen (secondary N) is 1. The van der Waals surface area contributed by atoms with Gasteiger partial charge in [-0.05, 0) is 30.3 Å². The van der Waals surface area contributed by atoms with Crippen LogP contribution < -0.4 is 10.1 Å². The topological polar surface area (TPSA) is 60.2 Å². The van der Waals surface area contributed by atoms with Crippen molar-refractivity contribution in [1.82, 2.24) is 10.2 Å². The molecular formula is C16H13Cl2N3O2. The Hall–Kier alpha value is -2.24. The molecule has 0 aliphatic heterocycles. The first-order valence-electron chi connectivity index (χ1n) is 6.82. The van der Waals surface area contributed by atoms with Crippen molar-refractivity contribution in [2.45, 2.75) is 6.54 Å². The lowest BCUT2D eigenvalue weighted by Crippen LogP contribution is -2.00. The van der Waals surface area contributed by atoms with Gasteiger partial charge in [0.05, 0.1) is 29.4 Å². The molecule has 0 atom stereocenters. The van der Waals surface area contributed by atoms with Crippen molar-refractivity contribution in [1.29, 1.82) is 0 Å². The minimum Gasteiger partial charge on any atom is -0.497 e. The fourth-order valence-electron chi connectivity index (χ4n) is 2.01. The van der Waals surface area contributed by atoms with Gasteiger partial charge in [0.15, 0.2) is 0 Å². The summed E-state index contributed by atoms with van der Waals surface area (Å²) in [7, 11) is 1.61. The highest BCUT2D eigenvalue weighted by Crippen LogP contribution is 2.30. The maximum atomic E-state index is 6.12. The van der Waals surface area contributed by atoms with E-state index in [0.29, 0.717) is 34.1 Å². The van der Waals surface area contributed by atoms with E-state index in [1.165, 1.54) is 0 Å². The molecule has 1 heterocycles. The summed E-state index contributed by atoms with van der Waals surface area (Å²) >= 11 is 12.1. The van der Waals surface area contributed by atoms with Gasteiger partial charge < -0.3 is 14.5 Å². The van der Waals surface area contributed by atoms with Gasteiger partial charge in [0, 0.05) is 5.56 Å². The standard InChI is InChI=1S/C16H13Cl2N3O2/c1-22-11-5-2-4-10(8-11)16-21-20-14(23-16)9-19-13-7-3-6-12(17)15(13)18/h2-8,19H,9H2,1H3. The second-order valence-corrected chi connectivity index (χ2v) is 5.47. The normalized spacial score (nSPS) is 10.6. The van der Waals surface area contributed by atoms with Gasteiger partial charge in [0.2, 0.25) is 11.8 Å². The minimum absolute atomic E-state index is 0.344. The van der Waals surface area contributed by atoms with Gasteiger partial charge in [-0.25, -0.2) is 0 Å². The zero-order chi connectivity index (χ0) is 16.2. The van der Waals surface area contributed by atoms with E-state index < -0.39 is 0 Å². The molecule has 5 nitrogen and oxygen atoms in total. The first-order valence-corrected chi connectivity index (χ1v) is 7.57. The van der Waals surface area contributed by atoms with Crippen LogP contribution in [0.1, 0.15) is 5.89 Å². The molecular weight excluding hydrogens is 337 g/mol. The molecule has 0 bridgehead atoms. The predicted molar refractivity (Wildman–Crippen MR) is 90.1 cm³/mol. The molecule has 0 amide bonds. The number of rotatable bonds is 5. The smallest absolute Gasteiger partial charge is 0.247 e. The van der Waals surface area contributed by atoms with Crippen LogP contribution in [-0.2, 0) is 6.54 Å². The van der Waals surface area contributed by atoms with Crippen molar-refractivity contribution in [2.75, 3.05) is 12.4 Å². The highest BCUT2D eigenvalue weighted by molar-refractivity contribution is 6.43. The van der Waals surface area contributed by atoms with Crippen LogP contribution >= 0.6 is 23.2 Å². The van der Waals surface area contributed by atoms with E-state index in [9.17, 15) is 0 Å². The van der Waals surface area contributed by atoms with Crippen LogP contribution in [0.3, 0.4) is 0 Å². The lowest BCUT2D eigenvalue weighted by molar-refractivity contribution is 0.414. The second-order valence-electron chi connectivity index (χ2n) is 4.69. The third kappa shape index (κ3) is 3.57. The summed E-state index contributed by atoms with van der Waals surface area (Å²) in [6.07, 6.45) is 0. The average Bonchev–Trinajstić information content (AvgIpc) is 3.05. The van der Waals surface area contributed by atoms with Crippen molar-refractivity contribution in [3.63, 3.8) is 0 Å². The van der Waals surface area contributed by atoms with Gasteiger partial charge in [-0.3, -0.25) is 0 Å². The van der Waals surface area contributed by atoms with Gasteiger partial charge >= 0.3 is 0 Å². The van der Waals surface area contributed by atoms with Crippen LogP contribution in [0.4, 0.5) is 5.69 Å². The van der Waals surface area contributed by atoms with Crippen LogP contribution in [0.15, 0.2) is 46.9 Å². The molecule has 0 fully saturated rings. The number of nitrogens with zero attached hydrogens (tertiary/aromatic N) is 2. The Balaban J connectivity index is 1.73. The molecule has 0 spiro atoms. The van der Waals surface area contributed by atoms with E-state index in [2.05, 4.69) is 15.5 Å². The Bertz CT molecular complexity index is 821. The largest absolute Gasteiger partial charge is 0.497 e. The lowest BCUT2D eigenvalue weighted by atomic mass is 10.2. The summed E-state index contributed by atoms with van der Waals surface area (Å²) in [5.74, 6) is 1.60. The van der Waals surface area contributed by atoms with Gasteiger partial charge in [0.1, 0.15) is 5.75 Å². The number of hydrogen-bond acceptors (Lipinski definition) is 5. The van der Waals surface area contributed by atoms with Crippen molar-refractivity contribution >= 4 is 28.9 Å². The summed E-state index contributed by atoms with van der Waals surface area (Å²) in [6, 6.07) is 12.8. The van der Waals surface area contributed by atoms with Crippen LogP contribution in [0, 0.1) is 0 Å². The summed E-state index contributed by atoms with van der Waals surface area (Å²) < 4.78 is 10.8. The monoisotopic (exact) mass is 349 g/mol. The van der Waals surface area contributed by atoms with Gasteiger partial charge in [-0.1, -0.05) is 35.3 Å². The molecule has 0 aliphatic carbocycles. The Kier molecular flexibility index (Phi) is 4.69. The molecule has 1 N–H and O–H groups in total. The number of halogens is 2. The van der Waals surface area contributed by atoms with E-state index in [0.717, 1.165) is 11.3 Å². The van der Waals surface area contributed by atoms with E-state index in [1.807, 2.05) is 36.4 Å². The fourth-order valence-corrected chi connectivity index (χ4v) is 2.38. The number of aromatic nitrogens is 2. The molecule has 0 unspecified atom stereocenters. The van der Waals surface area contributed by atoms with Crippen molar-refractivity contribution in [3.05, 3.63) is 58.4 Å². The summed E-state index contributed by atoms with van der Waals surface area (Å²) in [4.78, 5) is 0. The summed E-state index contributed by atoms with van der Waals surface area (Å²) in [5.41, 5.74) is 1.50. The summed E-state index contributed by atoms with van der Waals surface area (Å²) in [6.45, 7) is 0.344. The average molecular weight is 350 g/mol. The molecule has 1 aromatic heterocycles. The van der Waals surface area contributed by atoms with Gasteiger partial charge in [-0.2, -0.15) is 0 Å². The quantitative estimate of drug-likeness (QED) is 0.725. The zero-order valence-electron chi connectivity index (χ0n) is 12.2. The molecule has 3 rings (SSSR count). The Morgan fingerprint density at radius 2 is 1.96 bits per heavy atom. The molecule has 23 heavy (non-hydrogen) atoms. The van der Waals surface area contributed by atoms with Crippen molar-refractivity contribution in [2.24, 2.45) is 0 Å². The Morgan fingerprint density at radius 3 is 2.78 bits per heavy atom. The molecule has 0 aliphatic rings. The molecule has 7 heteroatoms. The first-order chi connectivity index (χ1) is 11.2. The highest BCUT2D eigenvalue weighted by Gasteiger charge is 2.10. The maximum Gasteiger partial charge on any atom is 0.247 e. The SMILES string of the molecule is COc1cccc(-c2nnc(CNc3cccc(Cl)c3Cl)o2)c1. The van der Waals surface area contributed by atoms with Crippen LogP contribution in [0.2, 0.25) is 10.0 Å². The molecule has 0 saturated heterocycles. The van der Waals surface area contributed by atoms with Crippen molar-refractivity contribution < 1.29 is 9.15 Å².